The lowest BCUT2D eigenvalue weighted by Crippen LogP contribution is -1.86. The van der Waals surface area contributed by atoms with Crippen molar-refractivity contribution in [3.05, 3.63) is 37.1 Å². The van der Waals surface area contributed by atoms with Crippen LogP contribution in [0.3, 0.4) is 0 Å². The topological polar surface area (TPSA) is 18.5 Å². The summed E-state index contributed by atoms with van der Waals surface area (Å²) >= 11 is 0. The molecule has 0 fully saturated rings. The molecular weight excluding hydrogens is 152 g/mol. The van der Waals surface area contributed by atoms with Crippen molar-refractivity contribution in [2.24, 2.45) is 0 Å². The van der Waals surface area contributed by atoms with Gasteiger partial charge in [0.2, 0.25) is 0 Å². The number of rotatable bonds is 7. The molecule has 0 heterocycles. The standard InChI is InChI=1S/C10H16O2/c1-3-5-7-8-10-12-11-9-6-4-2/h3,6-9H,1,4-5,10H2,2H3/b8-7-,9-6-. The van der Waals surface area contributed by atoms with Gasteiger partial charge in [-0.1, -0.05) is 25.2 Å². The maximum atomic E-state index is 4.77. The van der Waals surface area contributed by atoms with Gasteiger partial charge in [-0.25, -0.2) is 0 Å². The Bertz CT molecular complexity index is 148. The van der Waals surface area contributed by atoms with Crippen molar-refractivity contribution >= 4 is 0 Å². The van der Waals surface area contributed by atoms with Crippen LogP contribution in [0.4, 0.5) is 0 Å². The first-order chi connectivity index (χ1) is 5.91. The molecule has 0 unspecified atom stereocenters. The minimum absolute atomic E-state index is 0.474. The van der Waals surface area contributed by atoms with Gasteiger partial charge in [-0.15, -0.1) is 6.58 Å². The largest absolute Gasteiger partial charge is 0.346 e. The van der Waals surface area contributed by atoms with E-state index in [2.05, 4.69) is 6.58 Å². The summed E-state index contributed by atoms with van der Waals surface area (Å²) in [5.41, 5.74) is 0. The van der Waals surface area contributed by atoms with Crippen LogP contribution in [0.25, 0.3) is 0 Å². The molecule has 0 aromatic carbocycles. The molecule has 0 rings (SSSR count). The van der Waals surface area contributed by atoms with Crippen molar-refractivity contribution in [2.45, 2.75) is 19.8 Å². The zero-order valence-corrected chi connectivity index (χ0v) is 7.53. The maximum Gasteiger partial charge on any atom is 0.125 e. The molecule has 2 nitrogen and oxygen atoms in total. The fraction of sp³-hybridized carbons (Fsp3) is 0.400. The van der Waals surface area contributed by atoms with Gasteiger partial charge in [0.15, 0.2) is 0 Å². The molecule has 0 N–H and O–H groups in total. The number of allylic oxidation sites excluding steroid dienone is 3. The predicted molar refractivity (Wildman–Crippen MR) is 50.4 cm³/mol. The summed E-state index contributed by atoms with van der Waals surface area (Å²) in [6, 6.07) is 0. The van der Waals surface area contributed by atoms with Crippen LogP contribution in [0.1, 0.15) is 19.8 Å². The smallest absolute Gasteiger partial charge is 0.125 e. The Hall–Kier alpha value is -1.02. The lowest BCUT2D eigenvalue weighted by atomic mass is 10.4. The second-order valence-electron chi connectivity index (χ2n) is 2.16. The van der Waals surface area contributed by atoms with E-state index >= 15 is 0 Å². The van der Waals surface area contributed by atoms with Crippen LogP contribution in [0.2, 0.25) is 0 Å². The number of hydrogen-bond acceptors (Lipinski definition) is 2. The lowest BCUT2D eigenvalue weighted by Gasteiger charge is -1.94. The lowest BCUT2D eigenvalue weighted by molar-refractivity contribution is -0.239. The molecule has 0 aromatic heterocycles. The van der Waals surface area contributed by atoms with E-state index in [9.17, 15) is 0 Å². The van der Waals surface area contributed by atoms with E-state index in [1.54, 1.807) is 6.26 Å². The molecule has 0 saturated heterocycles. The van der Waals surface area contributed by atoms with Crippen LogP contribution < -0.4 is 0 Å². The van der Waals surface area contributed by atoms with Gasteiger partial charge in [-0.05, 0) is 18.9 Å². The van der Waals surface area contributed by atoms with Gasteiger partial charge >= 0.3 is 0 Å². The highest BCUT2D eigenvalue weighted by Gasteiger charge is 1.77. The molecule has 0 radical (unpaired) electrons. The van der Waals surface area contributed by atoms with Gasteiger partial charge in [0.1, 0.15) is 12.9 Å². The maximum absolute atomic E-state index is 4.77. The second kappa shape index (κ2) is 9.98. The molecule has 0 aromatic rings. The van der Waals surface area contributed by atoms with E-state index in [1.807, 2.05) is 31.2 Å². The van der Waals surface area contributed by atoms with Gasteiger partial charge in [0.05, 0.1) is 0 Å². The molecule has 0 saturated carbocycles. The average molecular weight is 168 g/mol. The number of hydrogen-bond donors (Lipinski definition) is 0. The first-order valence-electron chi connectivity index (χ1n) is 4.11. The van der Waals surface area contributed by atoms with Gasteiger partial charge in [-0.2, -0.15) is 4.89 Å². The summed E-state index contributed by atoms with van der Waals surface area (Å²) < 4.78 is 0. The van der Waals surface area contributed by atoms with Crippen molar-refractivity contribution in [1.29, 1.82) is 0 Å². The zero-order chi connectivity index (χ0) is 9.07. The summed E-state index contributed by atoms with van der Waals surface area (Å²) in [7, 11) is 0. The molecule has 0 aliphatic carbocycles. The molecule has 0 atom stereocenters. The van der Waals surface area contributed by atoms with E-state index in [-0.39, 0.29) is 0 Å². The normalized spacial score (nSPS) is 11.1. The quantitative estimate of drug-likeness (QED) is 0.191. The Labute approximate surface area is 74.1 Å². The van der Waals surface area contributed by atoms with Crippen LogP contribution in [-0.2, 0) is 9.78 Å². The highest BCUT2D eigenvalue weighted by atomic mass is 17.2. The molecule has 0 amide bonds. The molecule has 0 aliphatic heterocycles. The fourth-order valence-electron chi connectivity index (χ4n) is 0.514. The summed E-state index contributed by atoms with van der Waals surface area (Å²) in [6.45, 7) is 6.09. The zero-order valence-electron chi connectivity index (χ0n) is 7.53. The third-order valence-electron chi connectivity index (χ3n) is 1.09. The van der Waals surface area contributed by atoms with E-state index < -0.39 is 0 Å². The summed E-state index contributed by atoms with van der Waals surface area (Å²) in [6.07, 6.45) is 10.9. The Balaban J connectivity index is 3.09. The van der Waals surface area contributed by atoms with Crippen molar-refractivity contribution in [3.8, 4) is 0 Å². The van der Waals surface area contributed by atoms with Crippen molar-refractivity contribution in [3.63, 3.8) is 0 Å². The molecule has 12 heavy (non-hydrogen) atoms. The van der Waals surface area contributed by atoms with E-state index in [0.29, 0.717) is 6.61 Å². The molecule has 0 spiro atoms. The van der Waals surface area contributed by atoms with Crippen molar-refractivity contribution in [1.82, 2.24) is 0 Å². The van der Waals surface area contributed by atoms with Gasteiger partial charge in [-0.3, -0.25) is 0 Å². The van der Waals surface area contributed by atoms with E-state index in [4.69, 9.17) is 9.78 Å². The molecular formula is C10H16O2. The summed E-state index contributed by atoms with van der Waals surface area (Å²) in [5.74, 6) is 0. The molecule has 68 valence electrons. The van der Waals surface area contributed by atoms with Crippen molar-refractivity contribution < 1.29 is 9.78 Å². The van der Waals surface area contributed by atoms with Gasteiger partial charge < -0.3 is 4.89 Å². The first kappa shape index (κ1) is 11.0. The first-order valence-corrected chi connectivity index (χ1v) is 4.11. The minimum atomic E-state index is 0.474. The van der Waals surface area contributed by atoms with Crippen LogP contribution >= 0.6 is 0 Å². The van der Waals surface area contributed by atoms with Gasteiger partial charge in [0.25, 0.3) is 0 Å². The monoisotopic (exact) mass is 168 g/mol. The Morgan fingerprint density at radius 2 is 2.08 bits per heavy atom. The predicted octanol–water partition coefficient (Wildman–Crippen LogP) is 2.99. The minimum Gasteiger partial charge on any atom is -0.346 e. The van der Waals surface area contributed by atoms with E-state index in [0.717, 1.165) is 12.8 Å². The molecule has 0 aliphatic rings. The van der Waals surface area contributed by atoms with Crippen molar-refractivity contribution in [2.75, 3.05) is 6.61 Å². The van der Waals surface area contributed by atoms with Gasteiger partial charge in [0, 0.05) is 0 Å². The van der Waals surface area contributed by atoms with E-state index in [1.165, 1.54) is 0 Å². The van der Waals surface area contributed by atoms with Crippen LogP contribution in [-0.4, -0.2) is 6.61 Å². The van der Waals surface area contributed by atoms with Crippen LogP contribution in [0.15, 0.2) is 37.1 Å². The Morgan fingerprint density at radius 3 is 2.75 bits per heavy atom. The average Bonchev–Trinajstić information content (AvgIpc) is 2.10. The molecule has 0 bridgehead atoms. The highest BCUT2D eigenvalue weighted by molar-refractivity contribution is 4.87. The highest BCUT2D eigenvalue weighted by Crippen LogP contribution is 1.87. The third-order valence-corrected chi connectivity index (χ3v) is 1.09. The third kappa shape index (κ3) is 8.98. The van der Waals surface area contributed by atoms with Crippen LogP contribution in [0.5, 0.6) is 0 Å². The second-order valence-corrected chi connectivity index (χ2v) is 2.16. The summed E-state index contributed by atoms with van der Waals surface area (Å²) in [5, 5.41) is 0. The SMILES string of the molecule is C=CC/C=C\COO/C=C\CC. The summed E-state index contributed by atoms with van der Waals surface area (Å²) in [4.78, 5) is 9.47. The fourth-order valence-corrected chi connectivity index (χ4v) is 0.514. The molecule has 2 heteroatoms. The van der Waals surface area contributed by atoms with Crippen LogP contribution in [0, 0.1) is 0 Å². The Kier molecular flexibility index (Phi) is 9.13. The Morgan fingerprint density at radius 1 is 1.25 bits per heavy atom.